The van der Waals surface area contributed by atoms with E-state index in [0.29, 0.717) is 39.3 Å². The van der Waals surface area contributed by atoms with Gasteiger partial charge in [0.2, 0.25) is 0 Å². The Hall–Kier alpha value is -1.98. The van der Waals surface area contributed by atoms with Gasteiger partial charge in [-0.05, 0) is 6.42 Å². The van der Waals surface area contributed by atoms with E-state index >= 15 is 0 Å². The number of hydrogen-bond acceptors (Lipinski definition) is 12. The molecule has 33 heavy (non-hydrogen) atoms. The summed E-state index contributed by atoms with van der Waals surface area (Å²) in [6, 6.07) is -1.70. The molecule has 198 valence electrons. The van der Waals surface area contributed by atoms with Crippen molar-refractivity contribution in [3.63, 3.8) is 0 Å². The van der Waals surface area contributed by atoms with Crippen LogP contribution in [0.25, 0.3) is 0 Å². The number of nitro groups is 1. The van der Waals surface area contributed by atoms with Gasteiger partial charge in [0.15, 0.2) is 0 Å². The van der Waals surface area contributed by atoms with Crippen LogP contribution < -0.4 is 0 Å². The van der Waals surface area contributed by atoms with Crippen LogP contribution in [0.3, 0.4) is 0 Å². The fraction of sp³-hybridized carbons (Fsp3) is 0.889. The Morgan fingerprint density at radius 3 is 1.18 bits per heavy atom. The molecule has 0 aliphatic heterocycles. The Morgan fingerprint density at radius 2 is 1.00 bits per heavy atom. The van der Waals surface area contributed by atoms with Crippen LogP contribution in [0.2, 0.25) is 0 Å². The summed E-state index contributed by atoms with van der Waals surface area (Å²) in [5, 5.41) is 77.5. The lowest BCUT2D eigenvalue weighted by molar-refractivity contribution is -0.511. The number of aliphatic carboxylic acids is 2. The lowest BCUT2D eigenvalue weighted by Crippen LogP contribution is -2.32. The summed E-state index contributed by atoms with van der Waals surface area (Å²) in [5.74, 6) is -2.62. The molecule has 0 saturated carbocycles. The first-order valence-electron chi connectivity index (χ1n) is 10.3. The fourth-order valence-corrected chi connectivity index (χ4v) is 2.29. The Balaban J connectivity index is -0.000000415. The van der Waals surface area contributed by atoms with E-state index in [4.69, 9.17) is 40.9 Å². The highest BCUT2D eigenvalue weighted by atomic mass is 16.6. The molecule has 0 heterocycles. The summed E-state index contributed by atoms with van der Waals surface area (Å²) >= 11 is 0. The second kappa shape index (κ2) is 26.3. The SMILES string of the molecule is O=C(O)CCCC(C(=O)O)[N+](=O)[O-].OCCN(CCO)CCO.OCCN(CCO)CCO. The number of carboxylic acids is 2. The quantitative estimate of drug-likeness (QED) is 0.0687. The maximum Gasteiger partial charge on any atom is 0.379 e. The van der Waals surface area contributed by atoms with Crippen molar-refractivity contribution in [2.24, 2.45) is 0 Å². The van der Waals surface area contributed by atoms with Gasteiger partial charge in [-0.15, -0.1) is 0 Å². The van der Waals surface area contributed by atoms with E-state index in [-0.39, 0.29) is 58.9 Å². The molecule has 0 aromatic rings. The number of hydrogen-bond donors (Lipinski definition) is 8. The van der Waals surface area contributed by atoms with E-state index in [1.807, 2.05) is 0 Å². The summed E-state index contributed by atoms with van der Waals surface area (Å²) in [6.07, 6.45) is -0.514. The number of rotatable bonds is 18. The summed E-state index contributed by atoms with van der Waals surface area (Å²) in [4.78, 5) is 33.0. The van der Waals surface area contributed by atoms with Crippen LogP contribution in [0.15, 0.2) is 0 Å². The van der Waals surface area contributed by atoms with Crippen molar-refractivity contribution in [1.29, 1.82) is 0 Å². The molecule has 0 rings (SSSR count). The highest BCUT2D eigenvalue weighted by Crippen LogP contribution is 2.04. The normalized spacial score (nSPS) is 11.3. The Labute approximate surface area is 192 Å². The van der Waals surface area contributed by atoms with E-state index < -0.39 is 22.9 Å². The van der Waals surface area contributed by atoms with E-state index in [2.05, 4.69) is 0 Å². The minimum atomic E-state index is -1.70. The monoisotopic (exact) mass is 489 g/mol. The summed E-state index contributed by atoms with van der Waals surface area (Å²) in [5.41, 5.74) is 0. The molecule has 0 aromatic heterocycles. The predicted octanol–water partition coefficient (Wildman–Crippen LogP) is -3.50. The summed E-state index contributed by atoms with van der Waals surface area (Å²) in [7, 11) is 0. The van der Waals surface area contributed by atoms with Gasteiger partial charge in [0.05, 0.1) is 39.6 Å². The van der Waals surface area contributed by atoms with Crippen molar-refractivity contribution in [2.75, 3.05) is 78.9 Å². The Morgan fingerprint density at radius 1 is 0.697 bits per heavy atom. The van der Waals surface area contributed by atoms with Gasteiger partial charge in [0, 0.05) is 57.0 Å². The third kappa shape index (κ3) is 26.2. The van der Waals surface area contributed by atoms with Crippen molar-refractivity contribution in [1.82, 2.24) is 9.80 Å². The second-order valence-corrected chi connectivity index (χ2v) is 6.45. The molecular formula is C18H39N3O12. The first-order valence-corrected chi connectivity index (χ1v) is 10.3. The molecule has 0 radical (unpaired) electrons. The van der Waals surface area contributed by atoms with Crippen molar-refractivity contribution >= 4 is 11.9 Å². The van der Waals surface area contributed by atoms with Crippen LogP contribution in [-0.4, -0.2) is 152 Å². The minimum absolute atomic E-state index is 0.00667. The fourth-order valence-electron chi connectivity index (χ4n) is 2.29. The largest absolute Gasteiger partial charge is 0.481 e. The van der Waals surface area contributed by atoms with Crippen molar-refractivity contribution in [3.05, 3.63) is 10.1 Å². The lowest BCUT2D eigenvalue weighted by atomic mass is 10.1. The van der Waals surface area contributed by atoms with Crippen LogP contribution >= 0.6 is 0 Å². The third-order valence-electron chi connectivity index (χ3n) is 3.91. The first kappa shape index (κ1) is 35.6. The van der Waals surface area contributed by atoms with E-state index in [1.54, 1.807) is 9.80 Å². The van der Waals surface area contributed by atoms with Crippen LogP contribution in [0.5, 0.6) is 0 Å². The van der Waals surface area contributed by atoms with Crippen molar-refractivity contribution < 1.29 is 55.4 Å². The molecule has 15 nitrogen and oxygen atoms in total. The number of carbonyl (C=O) groups is 2. The van der Waals surface area contributed by atoms with Crippen LogP contribution in [-0.2, 0) is 9.59 Å². The molecule has 0 aliphatic rings. The molecule has 0 aromatic carbocycles. The minimum Gasteiger partial charge on any atom is -0.481 e. The molecule has 0 saturated heterocycles. The number of carboxylic acid groups (broad SMARTS) is 2. The van der Waals surface area contributed by atoms with Gasteiger partial charge >= 0.3 is 18.0 Å². The topological polar surface area (TPSA) is 246 Å². The second-order valence-electron chi connectivity index (χ2n) is 6.45. The van der Waals surface area contributed by atoms with Crippen LogP contribution in [0.4, 0.5) is 0 Å². The zero-order valence-corrected chi connectivity index (χ0v) is 18.7. The summed E-state index contributed by atoms with van der Waals surface area (Å²) < 4.78 is 0. The molecule has 0 bridgehead atoms. The molecular weight excluding hydrogens is 450 g/mol. The van der Waals surface area contributed by atoms with E-state index in [0.717, 1.165) is 0 Å². The molecule has 1 atom stereocenters. The lowest BCUT2D eigenvalue weighted by Gasteiger charge is -2.17. The first-order chi connectivity index (χ1) is 15.6. The Bertz CT molecular complexity index is 424. The number of nitrogens with zero attached hydrogens (tertiary/aromatic N) is 3. The number of aliphatic hydroxyl groups excluding tert-OH is 6. The number of aliphatic hydroxyl groups is 6. The van der Waals surface area contributed by atoms with Gasteiger partial charge in [0.1, 0.15) is 0 Å². The maximum atomic E-state index is 10.2. The molecule has 0 spiro atoms. The molecule has 15 heteroatoms. The van der Waals surface area contributed by atoms with Crippen LogP contribution in [0.1, 0.15) is 19.3 Å². The average Bonchev–Trinajstić information content (AvgIpc) is 2.73. The maximum absolute atomic E-state index is 10.2. The predicted molar refractivity (Wildman–Crippen MR) is 115 cm³/mol. The average molecular weight is 490 g/mol. The third-order valence-corrected chi connectivity index (χ3v) is 3.91. The van der Waals surface area contributed by atoms with Gasteiger partial charge in [-0.1, -0.05) is 0 Å². The standard InChI is InChI=1S/C6H9NO6.2C6H15NO3/c8-5(9)3-1-2-4(6(10)11)7(12)13;2*8-4-1-7(2-5-9)3-6-10/h4H,1-3H2,(H,8,9)(H,10,11);2*8-10H,1-6H2. The molecule has 8 N–H and O–H groups in total. The van der Waals surface area contributed by atoms with Gasteiger partial charge in [0.25, 0.3) is 0 Å². The smallest absolute Gasteiger partial charge is 0.379 e. The molecule has 0 amide bonds. The van der Waals surface area contributed by atoms with Crippen molar-refractivity contribution in [2.45, 2.75) is 25.3 Å². The van der Waals surface area contributed by atoms with E-state index in [1.165, 1.54) is 0 Å². The zero-order chi connectivity index (χ0) is 26.1. The summed E-state index contributed by atoms with van der Waals surface area (Å²) in [6.45, 7) is 3.51. The van der Waals surface area contributed by atoms with E-state index in [9.17, 15) is 19.7 Å². The van der Waals surface area contributed by atoms with Gasteiger partial charge in [-0.25, -0.2) is 4.79 Å². The van der Waals surface area contributed by atoms with Gasteiger partial charge < -0.3 is 40.9 Å². The zero-order valence-electron chi connectivity index (χ0n) is 18.7. The van der Waals surface area contributed by atoms with Crippen molar-refractivity contribution in [3.8, 4) is 0 Å². The van der Waals surface area contributed by atoms with Crippen LogP contribution in [0, 0.1) is 10.1 Å². The Kier molecular flexibility index (Phi) is 28.3. The molecule has 0 fully saturated rings. The van der Waals surface area contributed by atoms with Gasteiger partial charge in [-0.2, -0.15) is 0 Å². The molecule has 1 unspecified atom stereocenters. The molecule has 0 aliphatic carbocycles. The highest BCUT2D eigenvalue weighted by molar-refractivity contribution is 5.72. The van der Waals surface area contributed by atoms with Gasteiger partial charge in [-0.3, -0.25) is 24.7 Å². The highest BCUT2D eigenvalue weighted by Gasteiger charge is 2.28.